The molecule has 0 aliphatic carbocycles. The molecule has 0 aliphatic heterocycles. The number of aryl methyl sites for hydroxylation is 1. The maximum Gasteiger partial charge on any atom is 0.405 e. The van der Waals surface area contributed by atoms with Crippen molar-refractivity contribution in [1.29, 1.82) is 0 Å². The number of nitrogens with zero attached hydrogens (tertiary/aromatic N) is 3. The molecule has 0 saturated carbocycles. The standard InChI is InChI=1S/C17H21F3N4O2/c1-4-14-22-16(26-23-14)11(2)24(3)9-12-5-7-13(8-6-12)15(25)21-10-17(18,19)20/h5-8,11H,4,9-10H2,1-3H3,(H,21,25). The van der Waals surface area contributed by atoms with Crippen molar-refractivity contribution in [1.82, 2.24) is 20.4 Å². The van der Waals surface area contributed by atoms with E-state index >= 15 is 0 Å². The SMILES string of the molecule is CCc1noc(C(C)N(C)Cc2ccc(C(=O)NCC(F)(F)F)cc2)n1. The zero-order valence-corrected chi connectivity index (χ0v) is 14.8. The third kappa shape index (κ3) is 5.55. The van der Waals surface area contributed by atoms with Crippen LogP contribution in [0.4, 0.5) is 13.2 Å². The summed E-state index contributed by atoms with van der Waals surface area (Å²) in [6.07, 6.45) is -3.74. The normalized spacial score (nSPS) is 13.0. The van der Waals surface area contributed by atoms with E-state index < -0.39 is 18.6 Å². The predicted molar refractivity (Wildman–Crippen MR) is 88.4 cm³/mol. The Balaban J connectivity index is 1.94. The Morgan fingerprint density at radius 1 is 1.31 bits per heavy atom. The Bertz CT molecular complexity index is 728. The minimum Gasteiger partial charge on any atom is -0.343 e. The van der Waals surface area contributed by atoms with Crippen LogP contribution in [0.5, 0.6) is 0 Å². The molecule has 9 heteroatoms. The van der Waals surface area contributed by atoms with Crippen LogP contribution >= 0.6 is 0 Å². The van der Waals surface area contributed by atoms with Crippen molar-refractivity contribution in [2.75, 3.05) is 13.6 Å². The average Bonchev–Trinajstić information content (AvgIpc) is 3.08. The van der Waals surface area contributed by atoms with E-state index in [-0.39, 0.29) is 11.6 Å². The fourth-order valence-corrected chi connectivity index (χ4v) is 2.24. The molecule has 142 valence electrons. The first kappa shape index (κ1) is 19.9. The van der Waals surface area contributed by atoms with E-state index in [0.717, 1.165) is 5.56 Å². The molecule has 26 heavy (non-hydrogen) atoms. The maximum atomic E-state index is 12.1. The van der Waals surface area contributed by atoms with Gasteiger partial charge < -0.3 is 9.84 Å². The van der Waals surface area contributed by atoms with Gasteiger partial charge in [-0.05, 0) is 31.7 Å². The number of hydrogen-bond donors (Lipinski definition) is 1. The van der Waals surface area contributed by atoms with Crippen LogP contribution in [0.2, 0.25) is 0 Å². The van der Waals surface area contributed by atoms with E-state index in [4.69, 9.17) is 4.52 Å². The molecule has 0 aliphatic rings. The molecule has 6 nitrogen and oxygen atoms in total. The summed E-state index contributed by atoms with van der Waals surface area (Å²) in [5.41, 5.74) is 1.08. The maximum absolute atomic E-state index is 12.1. The van der Waals surface area contributed by atoms with Crippen LogP contribution in [0.15, 0.2) is 28.8 Å². The first-order valence-electron chi connectivity index (χ1n) is 8.16. The minimum atomic E-state index is -4.43. The Kier molecular flexibility index (Phi) is 6.36. The van der Waals surface area contributed by atoms with E-state index in [2.05, 4.69) is 10.1 Å². The summed E-state index contributed by atoms with van der Waals surface area (Å²) in [5, 5.41) is 5.72. The van der Waals surface area contributed by atoms with Gasteiger partial charge in [0.1, 0.15) is 6.54 Å². The highest BCUT2D eigenvalue weighted by Crippen LogP contribution is 2.19. The molecule has 1 amide bonds. The summed E-state index contributed by atoms with van der Waals surface area (Å²) >= 11 is 0. The lowest BCUT2D eigenvalue weighted by atomic mass is 10.1. The molecule has 0 saturated heterocycles. The zero-order chi connectivity index (χ0) is 19.3. The van der Waals surface area contributed by atoms with Gasteiger partial charge in [-0.1, -0.05) is 24.2 Å². The summed E-state index contributed by atoms with van der Waals surface area (Å²) in [4.78, 5) is 18.0. The van der Waals surface area contributed by atoms with Crippen molar-refractivity contribution in [3.63, 3.8) is 0 Å². The molecule has 0 bridgehead atoms. The number of alkyl halides is 3. The molecule has 0 spiro atoms. The number of hydrogen-bond acceptors (Lipinski definition) is 5. The number of nitrogens with one attached hydrogen (secondary N) is 1. The van der Waals surface area contributed by atoms with Gasteiger partial charge in [-0.25, -0.2) is 0 Å². The quantitative estimate of drug-likeness (QED) is 0.811. The lowest BCUT2D eigenvalue weighted by molar-refractivity contribution is -0.123. The van der Waals surface area contributed by atoms with E-state index in [1.807, 2.05) is 31.1 Å². The van der Waals surface area contributed by atoms with Crippen LogP contribution in [-0.2, 0) is 13.0 Å². The van der Waals surface area contributed by atoms with Gasteiger partial charge in [0.2, 0.25) is 5.89 Å². The lowest BCUT2D eigenvalue weighted by Crippen LogP contribution is -2.33. The molecule has 1 N–H and O–H groups in total. The van der Waals surface area contributed by atoms with Crippen LogP contribution < -0.4 is 5.32 Å². The van der Waals surface area contributed by atoms with Crippen molar-refractivity contribution >= 4 is 5.91 Å². The number of carbonyl (C=O) groups excluding carboxylic acids is 1. The predicted octanol–water partition coefficient (Wildman–Crippen LogP) is 3.12. The third-order valence-corrected chi connectivity index (χ3v) is 3.92. The summed E-state index contributed by atoms with van der Waals surface area (Å²) in [7, 11) is 1.89. The molecule has 0 fully saturated rings. The van der Waals surface area contributed by atoms with Crippen LogP contribution in [0.25, 0.3) is 0 Å². The summed E-state index contributed by atoms with van der Waals surface area (Å²) in [5.74, 6) is 0.413. The second-order valence-electron chi connectivity index (χ2n) is 5.99. The fourth-order valence-electron chi connectivity index (χ4n) is 2.24. The van der Waals surface area contributed by atoms with E-state index in [1.54, 1.807) is 12.1 Å². The number of benzene rings is 1. The van der Waals surface area contributed by atoms with Crippen LogP contribution in [0, 0.1) is 0 Å². The Morgan fingerprint density at radius 2 is 1.96 bits per heavy atom. The molecule has 1 aromatic carbocycles. The highest BCUT2D eigenvalue weighted by Gasteiger charge is 2.27. The largest absolute Gasteiger partial charge is 0.405 e. The van der Waals surface area contributed by atoms with Gasteiger partial charge in [0.05, 0.1) is 6.04 Å². The van der Waals surface area contributed by atoms with E-state index in [1.165, 1.54) is 12.1 Å². The van der Waals surface area contributed by atoms with Gasteiger partial charge in [-0.2, -0.15) is 18.2 Å². The van der Waals surface area contributed by atoms with Crippen LogP contribution in [0.3, 0.4) is 0 Å². The zero-order valence-electron chi connectivity index (χ0n) is 14.8. The smallest absolute Gasteiger partial charge is 0.343 e. The molecule has 2 aromatic rings. The van der Waals surface area contributed by atoms with Crippen molar-refractivity contribution < 1.29 is 22.5 Å². The topological polar surface area (TPSA) is 71.3 Å². The van der Waals surface area contributed by atoms with Gasteiger partial charge in [-0.15, -0.1) is 0 Å². The van der Waals surface area contributed by atoms with Crippen molar-refractivity contribution in [3.8, 4) is 0 Å². The Hall–Kier alpha value is -2.42. The van der Waals surface area contributed by atoms with Crippen LogP contribution in [-0.4, -0.2) is 40.7 Å². The Morgan fingerprint density at radius 3 is 2.50 bits per heavy atom. The average molecular weight is 370 g/mol. The first-order valence-corrected chi connectivity index (χ1v) is 8.16. The number of halogens is 3. The summed E-state index contributed by atoms with van der Waals surface area (Å²) in [6, 6.07) is 6.31. The van der Waals surface area contributed by atoms with Gasteiger partial charge in [-0.3, -0.25) is 9.69 Å². The van der Waals surface area contributed by atoms with E-state index in [0.29, 0.717) is 24.7 Å². The van der Waals surface area contributed by atoms with Crippen LogP contribution in [0.1, 0.15) is 47.5 Å². The molecule has 1 heterocycles. The molecule has 1 aromatic heterocycles. The number of aromatic nitrogens is 2. The summed E-state index contributed by atoms with van der Waals surface area (Å²) < 4.78 is 41.7. The monoisotopic (exact) mass is 370 g/mol. The lowest BCUT2D eigenvalue weighted by Gasteiger charge is -2.21. The highest BCUT2D eigenvalue weighted by molar-refractivity contribution is 5.94. The second kappa shape index (κ2) is 8.31. The number of rotatable bonds is 7. The van der Waals surface area contributed by atoms with Gasteiger partial charge in [0, 0.05) is 18.5 Å². The molecule has 0 radical (unpaired) electrons. The number of amides is 1. The van der Waals surface area contributed by atoms with Crippen molar-refractivity contribution in [2.24, 2.45) is 0 Å². The first-order chi connectivity index (χ1) is 12.2. The third-order valence-electron chi connectivity index (χ3n) is 3.92. The fraction of sp³-hybridized carbons (Fsp3) is 0.471. The molecule has 1 atom stereocenters. The molecular weight excluding hydrogens is 349 g/mol. The molecule has 2 rings (SSSR count). The van der Waals surface area contributed by atoms with Crippen molar-refractivity contribution in [3.05, 3.63) is 47.1 Å². The second-order valence-corrected chi connectivity index (χ2v) is 5.99. The van der Waals surface area contributed by atoms with Crippen molar-refractivity contribution in [2.45, 2.75) is 39.0 Å². The Labute approximate surface area is 149 Å². The minimum absolute atomic E-state index is 0.0995. The van der Waals surface area contributed by atoms with Gasteiger partial charge in [0.25, 0.3) is 5.91 Å². The molecular formula is C17H21F3N4O2. The van der Waals surface area contributed by atoms with Gasteiger partial charge >= 0.3 is 6.18 Å². The van der Waals surface area contributed by atoms with Gasteiger partial charge in [0.15, 0.2) is 5.82 Å². The highest BCUT2D eigenvalue weighted by atomic mass is 19.4. The van der Waals surface area contributed by atoms with E-state index in [9.17, 15) is 18.0 Å². The summed E-state index contributed by atoms with van der Waals surface area (Å²) in [6.45, 7) is 3.08. The number of carbonyl (C=O) groups is 1. The molecule has 1 unspecified atom stereocenters.